The molecule has 1 aliphatic heterocycles. The zero-order valence-corrected chi connectivity index (χ0v) is 15.1. The molecule has 1 fully saturated rings. The van der Waals surface area contributed by atoms with Crippen LogP contribution in [0, 0.1) is 11.3 Å². The molecule has 2 rings (SSSR count). The van der Waals surface area contributed by atoms with Gasteiger partial charge >= 0.3 is 0 Å². The van der Waals surface area contributed by atoms with Gasteiger partial charge in [-0.05, 0) is 40.7 Å². The van der Waals surface area contributed by atoms with Gasteiger partial charge in [0.15, 0.2) is 5.78 Å². The van der Waals surface area contributed by atoms with E-state index in [2.05, 4.69) is 31.7 Å². The molecule has 1 aromatic carbocycles. The van der Waals surface area contributed by atoms with E-state index in [4.69, 9.17) is 16.3 Å². The molecule has 0 N–H and O–H groups in total. The molecule has 0 saturated carbocycles. The van der Waals surface area contributed by atoms with Crippen molar-refractivity contribution in [3.63, 3.8) is 0 Å². The van der Waals surface area contributed by atoms with Gasteiger partial charge in [-0.3, -0.25) is 9.69 Å². The normalized spacial score (nSPS) is 15.9. The quantitative estimate of drug-likeness (QED) is 0.781. The van der Waals surface area contributed by atoms with E-state index in [-0.39, 0.29) is 17.2 Å². The van der Waals surface area contributed by atoms with Crippen LogP contribution in [0.5, 0.6) is 5.75 Å². The number of halogens is 1. The van der Waals surface area contributed by atoms with Crippen LogP contribution in [0.1, 0.15) is 62.0 Å². The number of ketones is 1. The van der Waals surface area contributed by atoms with Crippen LogP contribution in [0.25, 0.3) is 0 Å². The first-order valence-electron chi connectivity index (χ1n) is 7.86. The fourth-order valence-corrected chi connectivity index (χ4v) is 3.18. The van der Waals surface area contributed by atoms with Gasteiger partial charge in [0.05, 0.1) is 22.8 Å². The molecule has 0 atom stereocenters. The van der Waals surface area contributed by atoms with Crippen LogP contribution in [0.3, 0.4) is 0 Å². The number of nitrogens with zero attached hydrogens (tertiary/aromatic N) is 2. The number of ether oxygens (including phenoxy) is 1. The molecule has 1 heterocycles. The Balaban J connectivity index is 2.53. The maximum atomic E-state index is 12.0. The second-order valence-electron chi connectivity index (χ2n) is 6.90. The zero-order valence-electron chi connectivity index (χ0n) is 14.4. The number of carbonyl (C=O) groups excluding carboxylic acids is 1. The maximum Gasteiger partial charge on any atom is 0.163 e. The molecule has 0 radical (unpaired) electrons. The Bertz CT molecular complexity index is 665. The van der Waals surface area contributed by atoms with Crippen LogP contribution < -0.4 is 4.74 Å². The van der Waals surface area contributed by atoms with E-state index >= 15 is 0 Å². The number of benzene rings is 1. The summed E-state index contributed by atoms with van der Waals surface area (Å²) >= 11 is 6.26. The largest absolute Gasteiger partial charge is 0.493 e. The number of hydrogen-bond donors (Lipinski definition) is 0. The molecule has 124 valence electrons. The number of likely N-dealkylation sites (tertiary alicyclic amines) is 1. The summed E-state index contributed by atoms with van der Waals surface area (Å²) in [4.78, 5) is 14.3. The summed E-state index contributed by atoms with van der Waals surface area (Å²) in [7, 11) is 0. The second kappa shape index (κ2) is 6.51. The Hall–Kier alpha value is -1.57. The van der Waals surface area contributed by atoms with Crippen LogP contribution in [-0.4, -0.2) is 35.9 Å². The number of carbonyl (C=O) groups is 1. The Morgan fingerprint density at radius 1 is 1.48 bits per heavy atom. The minimum absolute atomic E-state index is 0.0804. The van der Waals surface area contributed by atoms with Crippen molar-refractivity contribution in [3.05, 3.63) is 27.8 Å². The molecular formula is C18H23ClN2O2. The maximum absolute atomic E-state index is 12.0. The van der Waals surface area contributed by atoms with Crippen LogP contribution in [0.4, 0.5) is 0 Å². The molecule has 0 spiro atoms. The van der Waals surface area contributed by atoms with Gasteiger partial charge in [-0.25, -0.2) is 0 Å². The molecule has 0 aliphatic carbocycles. The molecule has 4 nitrogen and oxygen atoms in total. The van der Waals surface area contributed by atoms with Crippen LogP contribution in [0.2, 0.25) is 5.02 Å². The lowest BCUT2D eigenvalue weighted by molar-refractivity contribution is 0.0458. The highest BCUT2D eigenvalue weighted by Crippen LogP contribution is 2.43. The molecule has 1 saturated heterocycles. The Kier molecular flexibility index (Phi) is 5.03. The Morgan fingerprint density at radius 2 is 2.09 bits per heavy atom. The van der Waals surface area contributed by atoms with Gasteiger partial charge in [0.1, 0.15) is 11.8 Å². The summed E-state index contributed by atoms with van der Waals surface area (Å²) in [6.07, 6.45) is 0. The van der Waals surface area contributed by atoms with Crippen molar-refractivity contribution in [2.24, 2.45) is 0 Å². The van der Waals surface area contributed by atoms with E-state index in [1.54, 1.807) is 6.07 Å². The summed E-state index contributed by atoms with van der Waals surface area (Å²) in [5.74, 6) is 0.579. The summed E-state index contributed by atoms with van der Waals surface area (Å²) < 4.78 is 5.76. The van der Waals surface area contributed by atoms with E-state index in [1.807, 2.05) is 6.92 Å². The van der Waals surface area contributed by atoms with E-state index in [0.717, 1.165) is 18.7 Å². The lowest BCUT2D eigenvalue weighted by Gasteiger charge is -2.48. The molecule has 5 heteroatoms. The van der Waals surface area contributed by atoms with Crippen molar-refractivity contribution in [3.8, 4) is 11.8 Å². The van der Waals surface area contributed by atoms with Crippen molar-refractivity contribution in [2.45, 2.75) is 46.1 Å². The van der Waals surface area contributed by atoms with Crippen LogP contribution >= 0.6 is 11.6 Å². The number of hydrogen-bond acceptors (Lipinski definition) is 4. The van der Waals surface area contributed by atoms with Crippen molar-refractivity contribution >= 4 is 17.4 Å². The minimum atomic E-state index is -0.104. The third-order valence-electron chi connectivity index (χ3n) is 4.29. The Labute approximate surface area is 143 Å². The Morgan fingerprint density at radius 3 is 2.52 bits per heavy atom. The average Bonchev–Trinajstić information content (AvgIpc) is 2.38. The smallest absolute Gasteiger partial charge is 0.163 e. The molecule has 1 aromatic rings. The fraction of sp³-hybridized carbons (Fsp3) is 0.556. The lowest BCUT2D eigenvalue weighted by Crippen LogP contribution is -2.54. The van der Waals surface area contributed by atoms with E-state index in [9.17, 15) is 10.1 Å². The number of Topliss-reactive ketones (excluding diaryl/α,β-unsaturated/α-hetero) is 1. The highest BCUT2D eigenvalue weighted by atomic mass is 35.5. The van der Waals surface area contributed by atoms with E-state index in [1.165, 1.54) is 6.92 Å². The molecule has 0 amide bonds. The average molecular weight is 335 g/mol. The van der Waals surface area contributed by atoms with E-state index in [0.29, 0.717) is 28.5 Å². The fourth-order valence-electron chi connectivity index (χ4n) is 2.93. The summed E-state index contributed by atoms with van der Waals surface area (Å²) in [6.45, 7) is 12.0. The third-order valence-corrected chi connectivity index (χ3v) is 4.58. The van der Waals surface area contributed by atoms with Gasteiger partial charge in [0.2, 0.25) is 0 Å². The molecule has 0 unspecified atom stereocenters. The van der Waals surface area contributed by atoms with Gasteiger partial charge in [-0.1, -0.05) is 11.6 Å². The molecule has 0 aromatic heterocycles. The van der Waals surface area contributed by atoms with Crippen LogP contribution in [-0.2, 0) is 0 Å². The standard InChI is InChI=1S/C18H23ClN2O2/c1-6-23-17-13(11(2)22)7-15(19)14(8-20)16(17)12-9-21(10-12)18(3,4)5/h7,12H,6,9-10H2,1-5H3. The van der Waals surface area contributed by atoms with Gasteiger partial charge < -0.3 is 4.74 Å². The lowest BCUT2D eigenvalue weighted by atomic mass is 9.83. The highest BCUT2D eigenvalue weighted by Gasteiger charge is 2.39. The van der Waals surface area contributed by atoms with Crippen molar-refractivity contribution in [1.82, 2.24) is 4.90 Å². The topological polar surface area (TPSA) is 53.3 Å². The number of rotatable bonds is 4. The van der Waals surface area contributed by atoms with Gasteiger partial charge in [-0.15, -0.1) is 0 Å². The third kappa shape index (κ3) is 3.36. The van der Waals surface area contributed by atoms with Crippen molar-refractivity contribution in [1.29, 1.82) is 5.26 Å². The van der Waals surface area contributed by atoms with Gasteiger partial charge in [-0.2, -0.15) is 5.26 Å². The second-order valence-corrected chi connectivity index (χ2v) is 7.30. The first-order chi connectivity index (χ1) is 10.7. The van der Waals surface area contributed by atoms with Crippen molar-refractivity contribution in [2.75, 3.05) is 19.7 Å². The molecule has 0 bridgehead atoms. The van der Waals surface area contributed by atoms with Gasteiger partial charge in [0.25, 0.3) is 0 Å². The minimum Gasteiger partial charge on any atom is -0.493 e. The zero-order chi connectivity index (χ0) is 17.4. The number of nitriles is 1. The predicted molar refractivity (Wildman–Crippen MR) is 91.4 cm³/mol. The highest BCUT2D eigenvalue weighted by molar-refractivity contribution is 6.32. The summed E-state index contributed by atoms with van der Waals surface area (Å²) in [5, 5.41) is 9.85. The summed E-state index contributed by atoms with van der Waals surface area (Å²) in [5.41, 5.74) is 1.75. The molecule has 23 heavy (non-hydrogen) atoms. The van der Waals surface area contributed by atoms with E-state index < -0.39 is 0 Å². The monoisotopic (exact) mass is 334 g/mol. The van der Waals surface area contributed by atoms with Crippen LogP contribution in [0.15, 0.2) is 6.07 Å². The molecular weight excluding hydrogens is 312 g/mol. The first kappa shape index (κ1) is 17.8. The SMILES string of the molecule is CCOc1c(C(C)=O)cc(Cl)c(C#N)c1C1CN(C(C)(C)C)C1. The summed E-state index contributed by atoms with van der Waals surface area (Å²) in [6, 6.07) is 3.74. The van der Waals surface area contributed by atoms with Gasteiger partial charge in [0, 0.05) is 30.1 Å². The van der Waals surface area contributed by atoms with Crippen molar-refractivity contribution < 1.29 is 9.53 Å². The predicted octanol–water partition coefficient (Wildman–Crippen LogP) is 4.01. The first-order valence-corrected chi connectivity index (χ1v) is 8.23. The molecule has 1 aliphatic rings.